The van der Waals surface area contributed by atoms with Crippen molar-refractivity contribution in [2.24, 2.45) is 0 Å². The molecule has 2 nitrogen and oxygen atoms in total. The van der Waals surface area contributed by atoms with Crippen LogP contribution in [0.4, 0.5) is 0 Å². The molecule has 0 fully saturated rings. The average Bonchev–Trinajstić information content (AvgIpc) is 2.20. The zero-order valence-electron chi connectivity index (χ0n) is 8.45. The molecule has 0 aromatic heterocycles. The number of rotatable bonds is 4. The van der Waals surface area contributed by atoms with Gasteiger partial charge in [0.15, 0.2) is 0 Å². The molecule has 76 valence electrons. The van der Waals surface area contributed by atoms with E-state index in [1.807, 2.05) is 19.1 Å². The summed E-state index contributed by atoms with van der Waals surface area (Å²) in [5.74, 6) is 0.291. The first-order valence-electron chi connectivity index (χ1n) is 4.75. The van der Waals surface area contributed by atoms with Crippen LogP contribution in [0.15, 0.2) is 30.4 Å². The molecule has 0 aliphatic rings. The SMILES string of the molecule is C=C(CO)Cc1ccc(CC)cc1O. The molecule has 0 aliphatic heterocycles. The van der Waals surface area contributed by atoms with Gasteiger partial charge < -0.3 is 10.2 Å². The van der Waals surface area contributed by atoms with Crippen molar-refractivity contribution in [1.29, 1.82) is 0 Å². The van der Waals surface area contributed by atoms with Crippen molar-refractivity contribution in [2.45, 2.75) is 19.8 Å². The lowest BCUT2D eigenvalue weighted by Gasteiger charge is -2.06. The topological polar surface area (TPSA) is 40.5 Å². The van der Waals surface area contributed by atoms with Crippen molar-refractivity contribution < 1.29 is 10.2 Å². The molecular formula is C12H16O2. The highest BCUT2D eigenvalue weighted by molar-refractivity contribution is 5.38. The molecule has 0 heterocycles. The maximum absolute atomic E-state index is 9.64. The zero-order chi connectivity index (χ0) is 10.6. The van der Waals surface area contributed by atoms with E-state index in [1.165, 1.54) is 0 Å². The van der Waals surface area contributed by atoms with E-state index in [4.69, 9.17) is 5.11 Å². The summed E-state index contributed by atoms with van der Waals surface area (Å²) in [6.45, 7) is 5.70. The van der Waals surface area contributed by atoms with E-state index in [0.29, 0.717) is 17.7 Å². The van der Waals surface area contributed by atoms with E-state index >= 15 is 0 Å². The molecule has 1 rings (SSSR count). The van der Waals surface area contributed by atoms with Crippen LogP contribution in [-0.4, -0.2) is 16.8 Å². The third-order valence-electron chi connectivity index (χ3n) is 2.22. The number of aryl methyl sites for hydroxylation is 1. The van der Waals surface area contributed by atoms with Crippen molar-refractivity contribution in [3.63, 3.8) is 0 Å². The lowest BCUT2D eigenvalue weighted by molar-refractivity contribution is 0.328. The Morgan fingerprint density at radius 2 is 2.14 bits per heavy atom. The Kier molecular flexibility index (Phi) is 3.72. The lowest BCUT2D eigenvalue weighted by Crippen LogP contribution is -1.95. The molecule has 0 unspecified atom stereocenters. The third kappa shape index (κ3) is 2.60. The van der Waals surface area contributed by atoms with E-state index in [-0.39, 0.29) is 6.61 Å². The van der Waals surface area contributed by atoms with Gasteiger partial charge in [-0.25, -0.2) is 0 Å². The number of hydrogen-bond acceptors (Lipinski definition) is 2. The van der Waals surface area contributed by atoms with Crippen LogP contribution in [0, 0.1) is 0 Å². The second kappa shape index (κ2) is 4.82. The van der Waals surface area contributed by atoms with Crippen molar-refractivity contribution in [3.05, 3.63) is 41.5 Å². The van der Waals surface area contributed by atoms with Gasteiger partial charge in [0, 0.05) is 0 Å². The fourth-order valence-corrected chi connectivity index (χ4v) is 1.30. The summed E-state index contributed by atoms with van der Waals surface area (Å²) < 4.78 is 0. The minimum Gasteiger partial charge on any atom is -0.508 e. The summed E-state index contributed by atoms with van der Waals surface area (Å²) in [5.41, 5.74) is 2.65. The summed E-state index contributed by atoms with van der Waals surface area (Å²) in [7, 11) is 0. The highest BCUT2D eigenvalue weighted by atomic mass is 16.3. The highest BCUT2D eigenvalue weighted by Gasteiger charge is 2.03. The first kappa shape index (κ1) is 10.8. The van der Waals surface area contributed by atoms with Gasteiger partial charge in [-0.15, -0.1) is 0 Å². The number of aromatic hydroxyl groups is 1. The molecular weight excluding hydrogens is 176 g/mol. The summed E-state index contributed by atoms with van der Waals surface area (Å²) >= 11 is 0. The van der Waals surface area contributed by atoms with Gasteiger partial charge >= 0.3 is 0 Å². The monoisotopic (exact) mass is 192 g/mol. The van der Waals surface area contributed by atoms with Crippen LogP contribution in [0.25, 0.3) is 0 Å². The normalized spacial score (nSPS) is 10.1. The van der Waals surface area contributed by atoms with Gasteiger partial charge in [0.25, 0.3) is 0 Å². The largest absolute Gasteiger partial charge is 0.508 e. The summed E-state index contributed by atoms with van der Waals surface area (Å²) in [6, 6.07) is 5.63. The van der Waals surface area contributed by atoms with Crippen LogP contribution >= 0.6 is 0 Å². The smallest absolute Gasteiger partial charge is 0.119 e. The Morgan fingerprint density at radius 1 is 1.43 bits per heavy atom. The molecule has 0 atom stereocenters. The van der Waals surface area contributed by atoms with Gasteiger partial charge in [-0.05, 0) is 35.6 Å². The molecule has 0 bridgehead atoms. The second-order valence-corrected chi connectivity index (χ2v) is 3.40. The minimum atomic E-state index is -0.0328. The van der Waals surface area contributed by atoms with Crippen LogP contribution in [-0.2, 0) is 12.8 Å². The Hall–Kier alpha value is -1.28. The maximum Gasteiger partial charge on any atom is 0.119 e. The Bertz CT molecular complexity index is 329. The molecule has 0 spiro atoms. The number of phenols is 1. The van der Waals surface area contributed by atoms with E-state index in [0.717, 1.165) is 17.5 Å². The van der Waals surface area contributed by atoms with Crippen molar-refractivity contribution in [2.75, 3.05) is 6.61 Å². The van der Waals surface area contributed by atoms with Crippen LogP contribution < -0.4 is 0 Å². The summed E-state index contributed by atoms with van der Waals surface area (Å²) in [6.07, 6.45) is 1.45. The Balaban J connectivity index is 2.83. The summed E-state index contributed by atoms with van der Waals surface area (Å²) in [4.78, 5) is 0. The maximum atomic E-state index is 9.64. The third-order valence-corrected chi connectivity index (χ3v) is 2.22. The first-order chi connectivity index (χ1) is 6.67. The van der Waals surface area contributed by atoms with Crippen LogP contribution in [0.1, 0.15) is 18.1 Å². The number of benzene rings is 1. The van der Waals surface area contributed by atoms with E-state index < -0.39 is 0 Å². The molecule has 2 heteroatoms. The number of phenolic OH excluding ortho intramolecular Hbond substituents is 1. The second-order valence-electron chi connectivity index (χ2n) is 3.40. The van der Waals surface area contributed by atoms with Gasteiger partial charge in [-0.3, -0.25) is 0 Å². The molecule has 1 aromatic carbocycles. The molecule has 0 saturated carbocycles. The highest BCUT2D eigenvalue weighted by Crippen LogP contribution is 2.21. The van der Waals surface area contributed by atoms with Crippen LogP contribution in [0.3, 0.4) is 0 Å². The van der Waals surface area contributed by atoms with Gasteiger partial charge in [0.2, 0.25) is 0 Å². The molecule has 0 saturated heterocycles. The predicted octanol–water partition coefficient (Wildman–Crippen LogP) is 2.05. The first-order valence-corrected chi connectivity index (χ1v) is 4.75. The quantitative estimate of drug-likeness (QED) is 0.717. The average molecular weight is 192 g/mol. The molecule has 2 N–H and O–H groups in total. The molecule has 14 heavy (non-hydrogen) atoms. The van der Waals surface area contributed by atoms with E-state index in [1.54, 1.807) is 6.07 Å². The molecule has 1 aromatic rings. The summed E-state index contributed by atoms with van der Waals surface area (Å²) in [5, 5.41) is 18.5. The molecule has 0 radical (unpaired) electrons. The zero-order valence-corrected chi connectivity index (χ0v) is 8.45. The molecule has 0 amide bonds. The Morgan fingerprint density at radius 3 is 2.64 bits per heavy atom. The van der Waals surface area contributed by atoms with Gasteiger partial charge in [-0.1, -0.05) is 25.6 Å². The molecule has 0 aliphatic carbocycles. The fourth-order valence-electron chi connectivity index (χ4n) is 1.30. The predicted molar refractivity (Wildman–Crippen MR) is 57.4 cm³/mol. The van der Waals surface area contributed by atoms with Crippen molar-refractivity contribution in [1.82, 2.24) is 0 Å². The number of aliphatic hydroxyl groups is 1. The van der Waals surface area contributed by atoms with Crippen LogP contribution in [0.2, 0.25) is 0 Å². The van der Waals surface area contributed by atoms with E-state index in [2.05, 4.69) is 6.58 Å². The number of hydrogen-bond donors (Lipinski definition) is 2. The Labute approximate surface area is 84.5 Å². The lowest BCUT2D eigenvalue weighted by atomic mass is 10.0. The van der Waals surface area contributed by atoms with Crippen LogP contribution in [0.5, 0.6) is 5.75 Å². The number of aliphatic hydroxyl groups excluding tert-OH is 1. The van der Waals surface area contributed by atoms with Gasteiger partial charge in [-0.2, -0.15) is 0 Å². The fraction of sp³-hybridized carbons (Fsp3) is 0.333. The minimum absolute atomic E-state index is 0.0328. The van der Waals surface area contributed by atoms with Crippen molar-refractivity contribution >= 4 is 0 Å². The van der Waals surface area contributed by atoms with Gasteiger partial charge in [0.1, 0.15) is 5.75 Å². The van der Waals surface area contributed by atoms with Crippen molar-refractivity contribution in [3.8, 4) is 5.75 Å². The van der Waals surface area contributed by atoms with Gasteiger partial charge in [0.05, 0.1) is 6.61 Å². The van der Waals surface area contributed by atoms with E-state index in [9.17, 15) is 5.11 Å². The standard InChI is InChI=1S/C12H16O2/c1-3-10-4-5-11(12(14)7-10)6-9(2)8-13/h4-5,7,13-14H,2-3,6,8H2,1H3.